The van der Waals surface area contributed by atoms with Gasteiger partial charge in [0.05, 0.1) is 17.3 Å². The van der Waals surface area contributed by atoms with Gasteiger partial charge in [-0.25, -0.2) is 0 Å². The normalized spacial score (nSPS) is 10.3. The van der Waals surface area contributed by atoms with Crippen LogP contribution in [0.15, 0.2) is 46.9 Å². The number of rotatable bonds is 4. The summed E-state index contributed by atoms with van der Waals surface area (Å²) in [6.07, 6.45) is 0.764. The summed E-state index contributed by atoms with van der Waals surface area (Å²) in [5.74, 6) is 0.801. The molecule has 2 N–H and O–H groups in total. The first kappa shape index (κ1) is 13.9. The monoisotopic (exact) mass is 323 g/mol. The van der Waals surface area contributed by atoms with Crippen LogP contribution in [0.1, 0.15) is 11.1 Å². The Bertz CT molecular complexity index is 555. The third-order valence-corrected chi connectivity index (χ3v) is 3.41. The maximum atomic E-state index is 8.87. The molecule has 0 aliphatic rings. The molecule has 2 aromatic rings. The van der Waals surface area contributed by atoms with Crippen molar-refractivity contribution in [1.82, 2.24) is 0 Å². The third kappa shape index (κ3) is 3.47. The first-order chi connectivity index (χ1) is 9.10. The quantitative estimate of drug-likeness (QED) is 0.843. The summed E-state index contributed by atoms with van der Waals surface area (Å²) in [5, 5.41) is 17.8. The van der Waals surface area contributed by atoms with E-state index >= 15 is 0 Å². The van der Waals surface area contributed by atoms with E-state index in [1.54, 1.807) is 19.2 Å². The van der Waals surface area contributed by atoms with Gasteiger partial charge in [0.15, 0.2) is 0 Å². The van der Waals surface area contributed by atoms with Crippen LogP contribution in [-0.4, -0.2) is 17.5 Å². The summed E-state index contributed by atoms with van der Waals surface area (Å²) >= 11 is 3.45. The molecule has 0 aliphatic carbocycles. The summed E-state index contributed by atoms with van der Waals surface area (Å²) in [6.45, 7) is 0. The van der Waals surface area contributed by atoms with Gasteiger partial charge in [0.2, 0.25) is 0 Å². The zero-order valence-corrected chi connectivity index (χ0v) is 12.0. The molecule has 0 amide bonds. The minimum atomic E-state index is 0.105. The predicted molar refractivity (Wildman–Crippen MR) is 76.0 cm³/mol. The molecule has 0 atom stereocenters. The third-order valence-electron chi connectivity index (χ3n) is 2.79. The molecule has 2 aromatic carbocycles. The molecular weight excluding hydrogens is 310 g/mol. The lowest BCUT2D eigenvalue weighted by Crippen LogP contribution is -2.10. The highest BCUT2D eigenvalue weighted by Crippen LogP contribution is 2.26. The molecule has 0 fully saturated rings. The van der Waals surface area contributed by atoms with Gasteiger partial charge >= 0.3 is 0 Å². The van der Waals surface area contributed by atoms with E-state index in [0.717, 1.165) is 27.8 Å². The highest BCUT2D eigenvalue weighted by atomic mass is 79.9. The van der Waals surface area contributed by atoms with Crippen LogP contribution in [0.3, 0.4) is 0 Å². The fraction of sp³-hybridized carbons (Fsp3) is 0.143. The van der Waals surface area contributed by atoms with Gasteiger partial charge in [0.25, 0.3) is 0 Å². The Balaban J connectivity index is 2.14. The molecule has 0 spiro atoms. The Kier molecular flexibility index (Phi) is 4.42. The summed E-state index contributed by atoms with van der Waals surface area (Å²) in [7, 11) is 1.63. The van der Waals surface area contributed by atoms with Crippen molar-refractivity contribution in [2.45, 2.75) is 6.42 Å². The molecule has 0 aromatic heterocycles. The van der Waals surface area contributed by atoms with Gasteiger partial charge in [0.1, 0.15) is 5.75 Å². The summed E-state index contributed by atoms with van der Waals surface area (Å²) in [6, 6.07) is 12.9. The van der Waals surface area contributed by atoms with E-state index in [0.29, 0.717) is 5.69 Å². The largest absolute Gasteiger partial charge is 0.496 e. The van der Waals surface area contributed by atoms with Gasteiger partial charge < -0.3 is 4.74 Å². The maximum absolute atomic E-state index is 8.87. The highest BCUT2D eigenvalue weighted by molar-refractivity contribution is 9.10. The van der Waals surface area contributed by atoms with Gasteiger partial charge in [-0.05, 0) is 57.7 Å². The van der Waals surface area contributed by atoms with Crippen LogP contribution in [0.25, 0.3) is 0 Å². The molecule has 0 bridgehead atoms. The molecule has 4 nitrogen and oxygen atoms in total. The smallest absolute Gasteiger partial charge is 0.133 e. The van der Waals surface area contributed by atoms with Crippen LogP contribution in [0.4, 0.5) is 5.69 Å². The molecule has 0 unspecified atom stereocenters. The van der Waals surface area contributed by atoms with Gasteiger partial charge in [-0.3, -0.25) is 10.4 Å². The van der Waals surface area contributed by atoms with Crippen molar-refractivity contribution >= 4 is 21.6 Å². The second-order valence-corrected chi connectivity index (χ2v) is 4.96. The van der Waals surface area contributed by atoms with Gasteiger partial charge in [-0.1, -0.05) is 18.2 Å². The lowest BCUT2D eigenvalue weighted by Gasteiger charge is -2.09. The van der Waals surface area contributed by atoms with Crippen molar-refractivity contribution in [2.75, 3.05) is 12.3 Å². The first-order valence-electron chi connectivity index (χ1n) is 5.69. The van der Waals surface area contributed by atoms with E-state index in [9.17, 15) is 0 Å². The van der Waals surface area contributed by atoms with E-state index in [4.69, 9.17) is 15.2 Å². The minimum absolute atomic E-state index is 0.105. The standard InChI is InChI=1S/C14H14BrNO3/c1-19-14-7-4-11(9-13(14)15)8-10-2-5-12(6-3-10)16(17)18/h2-7,9,17-18H,8H2,1H3. The SMILES string of the molecule is COc1ccc(Cc2ccc(N(O)O)cc2)cc1Br. The van der Waals surface area contributed by atoms with Crippen LogP contribution in [0.5, 0.6) is 5.75 Å². The molecule has 0 aliphatic heterocycles. The van der Waals surface area contributed by atoms with E-state index in [1.807, 2.05) is 30.3 Å². The van der Waals surface area contributed by atoms with Crippen LogP contribution in [0.2, 0.25) is 0 Å². The lowest BCUT2D eigenvalue weighted by molar-refractivity contribution is 0.0291. The van der Waals surface area contributed by atoms with E-state index in [-0.39, 0.29) is 5.23 Å². The van der Waals surface area contributed by atoms with Crippen LogP contribution in [-0.2, 0) is 6.42 Å². The fourth-order valence-electron chi connectivity index (χ4n) is 1.80. The average Bonchev–Trinajstić information content (AvgIpc) is 2.39. The van der Waals surface area contributed by atoms with Crippen molar-refractivity contribution < 1.29 is 15.2 Å². The predicted octanol–water partition coefficient (Wildman–Crippen LogP) is 3.63. The zero-order chi connectivity index (χ0) is 13.8. The molecule has 19 heavy (non-hydrogen) atoms. The number of nitrogens with zero attached hydrogens (tertiary/aromatic N) is 1. The number of benzene rings is 2. The molecule has 2 rings (SSSR count). The van der Waals surface area contributed by atoms with Crippen LogP contribution < -0.4 is 9.96 Å². The van der Waals surface area contributed by atoms with Crippen molar-refractivity contribution in [3.05, 3.63) is 58.1 Å². The Hall–Kier alpha value is -1.56. The number of ether oxygens (including phenoxy) is 1. The zero-order valence-electron chi connectivity index (χ0n) is 10.4. The topological polar surface area (TPSA) is 52.9 Å². The number of hydrogen-bond donors (Lipinski definition) is 2. The highest BCUT2D eigenvalue weighted by Gasteiger charge is 2.03. The van der Waals surface area contributed by atoms with Gasteiger partial charge in [0, 0.05) is 0 Å². The molecular formula is C14H14BrNO3. The van der Waals surface area contributed by atoms with Crippen molar-refractivity contribution in [2.24, 2.45) is 0 Å². The average molecular weight is 324 g/mol. The van der Waals surface area contributed by atoms with Crippen molar-refractivity contribution in [3.63, 3.8) is 0 Å². The maximum Gasteiger partial charge on any atom is 0.133 e. The van der Waals surface area contributed by atoms with E-state index in [1.165, 1.54) is 0 Å². The summed E-state index contributed by atoms with van der Waals surface area (Å²) in [5.41, 5.74) is 2.56. The molecule has 0 radical (unpaired) electrons. The minimum Gasteiger partial charge on any atom is -0.496 e. The Morgan fingerprint density at radius 2 is 1.68 bits per heavy atom. The molecule has 0 saturated carbocycles. The lowest BCUT2D eigenvalue weighted by atomic mass is 10.0. The summed E-state index contributed by atoms with van der Waals surface area (Å²) in [4.78, 5) is 0. The number of hydrogen-bond acceptors (Lipinski definition) is 4. The molecule has 5 heteroatoms. The number of anilines is 1. The second kappa shape index (κ2) is 6.06. The van der Waals surface area contributed by atoms with E-state index in [2.05, 4.69) is 15.9 Å². The van der Waals surface area contributed by atoms with Crippen molar-refractivity contribution in [3.8, 4) is 5.75 Å². The van der Waals surface area contributed by atoms with Crippen LogP contribution >= 0.6 is 15.9 Å². The number of methoxy groups -OCH3 is 1. The molecule has 100 valence electrons. The van der Waals surface area contributed by atoms with Crippen molar-refractivity contribution in [1.29, 1.82) is 0 Å². The number of halogens is 1. The van der Waals surface area contributed by atoms with Gasteiger partial charge in [-0.2, -0.15) is 0 Å². The first-order valence-corrected chi connectivity index (χ1v) is 6.48. The van der Waals surface area contributed by atoms with Gasteiger partial charge in [-0.15, -0.1) is 5.23 Å². The molecule has 0 heterocycles. The molecule has 0 saturated heterocycles. The Morgan fingerprint density at radius 3 is 2.21 bits per heavy atom. The Labute approximate surface area is 119 Å². The summed E-state index contributed by atoms with van der Waals surface area (Å²) < 4.78 is 6.10. The second-order valence-electron chi connectivity index (χ2n) is 4.10. The Morgan fingerprint density at radius 1 is 1.05 bits per heavy atom. The fourth-order valence-corrected chi connectivity index (χ4v) is 2.39. The van der Waals surface area contributed by atoms with E-state index < -0.39 is 0 Å². The van der Waals surface area contributed by atoms with Crippen LogP contribution in [0, 0.1) is 0 Å².